The van der Waals surface area contributed by atoms with Gasteiger partial charge in [-0.15, -0.1) is 0 Å². The summed E-state index contributed by atoms with van der Waals surface area (Å²) in [6.45, 7) is 9.49. The molecular formula is C60H45NO. The summed E-state index contributed by atoms with van der Waals surface area (Å²) in [6.07, 6.45) is 0. The largest absolute Gasteiger partial charge is 0.455 e. The maximum atomic E-state index is 6.47. The van der Waals surface area contributed by atoms with Crippen LogP contribution in [0.3, 0.4) is 0 Å². The molecule has 0 unspecified atom stereocenters. The number of hydrogen-bond acceptors (Lipinski definition) is 2. The lowest BCUT2D eigenvalue weighted by atomic mass is 9.78. The van der Waals surface area contributed by atoms with E-state index < -0.39 is 0 Å². The number of benzene rings is 9. The van der Waals surface area contributed by atoms with Gasteiger partial charge in [0, 0.05) is 44.2 Å². The Morgan fingerprint density at radius 3 is 1.61 bits per heavy atom. The summed E-state index contributed by atoms with van der Waals surface area (Å²) in [5.41, 5.74) is 22.9. The summed E-state index contributed by atoms with van der Waals surface area (Å²) in [5, 5.41) is 2.28. The zero-order chi connectivity index (χ0) is 41.7. The Kier molecular flexibility index (Phi) is 7.96. The number of fused-ring (bicyclic) bond motifs is 9. The molecule has 0 atom stereocenters. The summed E-state index contributed by atoms with van der Waals surface area (Å²) in [7, 11) is 0. The molecule has 0 saturated carbocycles. The summed E-state index contributed by atoms with van der Waals surface area (Å²) in [5.74, 6) is 0. The molecule has 1 aromatic heterocycles. The first kappa shape index (κ1) is 36.4. The van der Waals surface area contributed by atoms with Crippen LogP contribution in [0.5, 0.6) is 0 Å². The highest BCUT2D eigenvalue weighted by atomic mass is 16.3. The molecule has 0 saturated heterocycles. The quantitative estimate of drug-likeness (QED) is 0.167. The van der Waals surface area contributed by atoms with E-state index in [0.29, 0.717) is 0 Å². The molecule has 0 N–H and O–H groups in total. The predicted molar refractivity (Wildman–Crippen MR) is 260 cm³/mol. The standard InChI is InChI=1S/C60H45NO/c1-59(2)52-22-11-8-17-47(52)48-34-33-43(37-54(48)59)61(42-31-27-40(28-32-42)46-20-14-21-50-49-18-10-13-24-55(49)62-58(46)50)41-29-25-39(26-30-41)45-36-35-44(38-15-6-5-7-16-38)56-51-19-9-12-23-53(51)60(3,4)57(45)56/h5-37H,1-4H3. The van der Waals surface area contributed by atoms with E-state index in [2.05, 4.69) is 227 Å². The van der Waals surface area contributed by atoms with Crippen LogP contribution in [0.4, 0.5) is 17.1 Å². The Balaban J connectivity index is 0.990. The highest BCUT2D eigenvalue weighted by molar-refractivity contribution is 6.09. The van der Waals surface area contributed by atoms with Gasteiger partial charge in [0.15, 0.2) is 0 Å². The number of para-hydroxylation sites is 2. The normalized spacial score (nSPS) is 14.1. The third kappa shape index (κ3) is 5.36. The molecule has 0 radical (unpaired) electrons. The minimum absolute atomic E-state index is 0.122. The van der Waals surface area contributed by atoms with Crippen molar-refractivity contribution in [3.05, 3.63) is 222 Å². The number of furan rings is 1. The molecule has 0 aliphatic heterocycles. The second-order valence-electron chi connectivity index (χ2n) is 18.1. The molecule has 296 valence electrons. The smallest absolute Gasteiger partial charge is 0.143 e. The van der Waals surface area contributed by atoms with Crippen LogP contribution in [-0.4, -0.2) is 0 Å². The molecule has 2 nitrogen and oxygen atoms in total. The molecule has 12 rings (SSSR count). The van der Waals surface area contributed by atoms with Crippen LogP contribution in [0.1, 0.15) is 49.9 Å². The van der Waals surface area contributed by atoms with Gasteiger partial charge in [0.05, 0.1) is 0 Å². The van der Waals surface area contributed by atoms with E-state index in [1.807, 2.05) is 6.07 Å². The molecule has 2 aliphatic carbocycles. The van der Waals surface area contributed by atoms with Crippen molar-refractivity contribution in [2.75, 3.05) is 4.90 Å². The van der Waals surface area contributed by atoms with E-state index in [0.717, 1.165) is 50.1 Å². The van der Waals surface area contributed by atoms with Gasteiger partial charge in [-0.2, -0.15) is 0 Å². The molecule has 2 heteroatoms. The Morgan fingerprint density at radius 1 is 0.355 bits per heavy atom. The molecular weight excluding hydrogens is 751 g/mol. The van der Waals surface area contributed by atoms with Gasteiger partial charge >= 0.3 is 0 Å². The van der Waals surface area contributed by atoms with Crippen LogP contribution >= 0.6 is 0 Å². The highest BCUT2D eigenvalue weighted by Gasteiger charge is 2.39. The van der Waals surface area contributed by atoms with E-state index in [9.17, 15) is 0 Å². The van der Waals surface area contributed by atoms with Crippen LogP contribution in [0.2, 0.25) is 0 Å². The molecule has 0 spiro atoms. The summed E-state index contributed by atoms with van der Waals surface area (Å²) < 4.78 is 6.47. The Labute approximate surface area is 363 Å². The monoisotopic (exact) mass is 795 g/mol. The van der Waals surface area contributed by atoms with Crippen molar-refractivity contribution in [1.29, 1.82) is 0 Å². The van der Waals surface area contributed by atoms with Crippen molar-refractivity contribution in [3.63, 3.8) is 0 Å². The van der Waals surface area contributed by atoms with Gasteiger partial charge in [0.2, 0.25) is 0 Å². The number of rotatable bonds is 6. The van der Waals surface area contributed by atoms with Crippen molar-refractivity contribution in [1.82, 2.24) is 0 Å². The van der Waals surface area contributed by atoms with Gasteiger partial charge in [-0.05, 0) is 115 Å². The van der Waals surface area contributed by atoms with Crippen LogP contribution in [0, 0.1) is 0 Å². The molecule has 62 heavy (non-hydrogen) atoms. The van der Waals surface area contributed by atoms with E-state index >= 15 is 0 Å². The summed E-state index contributed by atoms with van der Waals surface area (Å²) in [4.78, 5) is 2.41. The molecule has 0 bridgehead atoms. The fourth-order valence-corrected chi connectivity index (χ4v) is 10.8. The van der Waals surface area contributed by atoms with E-state index in [1.165, 1.54) is 66.8 Å². The van der Waals surface area contributed by atoms with Gasteiger partial charge in [0.1, 0.15) is 11.2 Å². The van der Waals surface area contributed by atoms with Gasteiger partial charge < -0.3 is 9.32 Å². The first-order valence-corrected chi connectivity index (χ1v) is 21.8. The van der Waals surface area contributed by atoms with Crippen molar-refractivity contribution >= 4 is 39.0 Å². The van der Waals surface area contributed by atoms with Gasteiger partial charge in [-0.3, -0.25) is 0 Å². The summed E-state index contributed by atoms with van der Waals surface area (Å²) in [6, 6.07) is 73.4. The molecule has 9 aromatic carbocycles. The van der Waals surface area contributed by atoms with Crippen LogP contribution in [0.15, 0.2) is 205 Å². The average molecular weight is 796 g/mol. The third-order valence-electron chi connectivity index (χ3n) is 13.9. The number of anilines is 3. The van der Waals surface area contributed by atoms with Crippen molar-refractivity contribution in [2.45, 2.75) is 38.5 Å². The van der Waals surface area contributed by atoms with E-state index in [1.54, 1.807) is 0 Å². The zero-order valence-corrected chi connectivity index (χ0v) is 35.4. The van der Waals surface area contributed by atoms with Crippen LogP contribution in [0.25, 0.3) is 77.6 Å². The lowest BCUT2D eigenvalue weighted by molar-refractivity contribution is 0.660. The van der Waals surface area contributed by atoms with Crippen molar-refractivity contribution in [3.8, 4) is 55.6 Å². The molecule has 1 heterocycles. The second kappa shape index (κ2) is 13.5. The fourth-order valence-electron chi connectivity index (χ4n) is 10.8. The minimum Gasteiger partial charge on any atom is -0.455 e. The molecule has 0 amide bonds. The number of hydrogen-bond donors (Lipinski definition) is 0. The third-order valence-corrected chi connectivity index (χ3v) is 13.9. The van der Waals surface area contributed by atoms with Gasteiger partial charge in [0.25, 0.3) is 0 Å². The van der Waals surface area contributed by atoms with Crippen molar-refractivity contribution in [2.24, 2.45) is 0 Å². The topological polar surface area (TPSA) is 16.4 Å². The lowest BCUT2D eigenvalue weighted by Crippen LogP contribution is -2.17. The van der Waals surface area contributed by atoms with Crippen LogP contribution in [-0.2, 0) is 10.8 Å². The maximum Gasteiger partial charge on any atom is 0.143 e. The highest BCUT2D eigenvalue weighted by Crippen LogP contribution is 2.56. The summed E-state index contributed by atoms with van der Waals surface area (Å²) >= 11 is 0. The predicted octanol–water partition coefficient (Wildman–Crippen LogP) is 16.7. The molecule has 10 aromatic rings. The van der Waals surface area contributed by atoms with E-state index in [4.69, 9.17) is 4.42 Å². The van der Waals surface area contributed by atoms with Gasteiger partial charge in [-0.1, -0.05) is 185 Å². The SMILES string of the molecule is CC1(C)c2ccccc2-c2ccc(N(c3ccc(-c4ccc(-c5ccccc5)c5c4C(C)(C)c4ccccc4-5)cc3)c3ccc(-c4cccc5c4oc4ccccc45)cc3)cc21. The first-order chi connectivity index (χ1) is 30.3. The fraction of sp³-hybridized carbons (Fsp3) is 0.100. The minimum atomic E-state index is -0.167. The van der Waals surface area contributed by atoms with Crippen LogP contribution < -0.4 is 4.90 Å². The van der Waals surface area contributed by atoms with Crippen molar-refractivity contribution < 1.29 is 4.42 Å². The molecule has 0 fully saturated rings. The first-order valence-electron chi connectivity index (χ1n) is 21.8. The average Bonchev–Trinajstić information content (AvgIpc) is 3.90. The second-order valence-corrected chi connectivity index (χ2v) is 18.1. The van der Waals surface area contributed by atoms with E-state index in [-0.39, 0.29) is 10.8 Å². The molecule has 2 aliphatic rings. The zero-order valence-electron chi connectivity index (χ0n) is 35.4. The Morgan fingerprint density at radius 2 is 0.871 bits per heavy atom. The number of nitrogens with zero attached hydrogens (tertiary/aromatic N) is 1. The maximum absolute atomic E-state index is 6.47. The Hall–Kier alpha value is -7.42. The van der Waals surface area contributed by atoms with Gasteiger partial charge in [-0.25, -0.2) is 0 Å². The lowest BCUT2D eigenvalue weighted by Gasteiger charge is -2.29. The Bertz CT molecular complexity index is 3390.